The van der Waals surface area contributed by atoms with Crippen molar-refractivity contribution in [3.05, 3.63) is 35.9 Å². The van der Waals surface area contributed by atoms with Gasteiger partial charge in [0.1, 0.15) is 0 Å². The van der Waals surface area contributed by atoms with Crippen molar-refractivity contribution in [2.24, 2.45) is 11.7 Å². The molecule has 0 aliphatic rings. The number of nitrogens with zero attached hydrogens (tertiary/aromatic N) is 1. The van der Waals surface area contributed by atoms with E-state index < -0.39 is 0 Å². The zero-order valence-corrected chi connectivity index (χ0v) is 10.5. The summed E-state index contributed by atoms with van der Waals surface area (Å²) in [7, 11) is 0. The van der Waals surface area contributed by atoms with Gasteiger partial charge in [0.25, 0.3) is 0 Å². The Balaban J connectivity index is 2.44. The molecule has 90 valence electrons. The molecule has 1 aromatic carbocycles. The highest BCUT2D eigenvalue weighted by molar-refractivity contribution is 5.14. The van der Waals surface area contributed by atoms with Gasteiger partial charge in [0.15, 0.2) is 0 Å². The van der Waals surface area contributed by atoms with E-state index in [0.717, 1.165) is 32.1 Å². The van der Waals surface area contributed by atoms with Crippen LogP contribution in [0.25, 0.3) is 0 Å². The highest BCUT2D eigenvalue weighted by Crippen LogP contribution is 2.07. The van der Waals surface area contributed by atoms with Gasteiger partial charge < -0.3 is 5.73 Å². The molecule has 16 heavy (non-hydrogen) atoms. The molecule has 0 aliphatic heterocycles. The van der Waals surface area contributed by atoms with Crippen LogP contribution in [-0.4, -0.2) is 24.5 Å². The van der Waals surface area contributed by atoms with Gasteiger partial charge >= 0.3 is 0 Å². The van der Waals surface area contributed by atoms with Crippen molar-refractivity contribution in [2.45, 2.75) is 26.8 Å². The molecule has 0 bridgehead atoms. The maximum atomic E-state index is 5.65. The van der Waals surface area contributed by atoms with E-state index in [0.29, 0.717) is 0 Å². The van der Waals surface area contributed by atoms with Crippen LogP contribution in [0.1, 0.15) is 25.8 Å². The summed E-state index contributed by atoms with van der Waals surface area (Å²) in [4.78, 5) is 2.44. The maximum absolute atomic E-state index is 5.65. The van der Waals surface area contributed by atoms with Crippen LogP contribution in [0.5, 0.6) is 0 Å². The summed E-state index contributed by atoms with van der Waals surface area (Å²) in [6.07, 6.45) is 1.24. The molecule has 1 rings (SSSR count). The van der Waals surface area contributed by atoms with E-state index in [1.54, 1.807) is 0 Å². The standard InChI is InChI=1S/C14H24N2/c1-13(2)8-10-16(11-9-15)12-14-6-4-3-5-7-14/h3-7,13H,8-12,15H2,1-2H3. The summed E-state index contributed by atoms with van der Waals surface area (Å²) in [6.45, 7) is 8.42. The minimum absolute atomic E-state index is 0.741. The number of nitrogens with two attached hydrogens (primary N) is 1. The van der Waals surface area contributed by atoms with Crippen LogP contribution in [0.15, 0.2) is 30.3 Å². The predicted molar refractivity (Wildman–Crippen MR) is 70.2 cm³/mol. The van der Waals surface area contributed by atoms with Gasteiger partial charge in [-0.2, -0.15) is 0 Å². The maximum Gasteiger partial charge on any atom is 0.0234 e. The molecule has 0 aromatic heterocycles. The molecule has 2 N–H and O–H groups in total. The Bertz CT molecular complexity index is 269. The number of hydrogen-bond acceptors (Lipinski definition) is 2. The lowest BCUT2D eigenvalue weighted by Gasteiger charge is -2.22. The third kappa shape index (κ3) is 5.29. The third-order valence-corrected chi connectivity index (χ3v) is 2.72. The summed E-state index contributed by atoms with van der Waals surface area (Å²) in [5.41, 5.74) is 7.02. The molecule has 0 aliphatic carbocycles. The van der Waals surface area contributed by atoms with Crippen LogP contribution in [0.3, 0.4) is 0 Å². The third-order valence-electron chi connectivity index (χ3n) is 2.72. The van der Waals surface area contributed by atoms with Crippen LogP contribution in [0, 0.1) is 5.92 Å². The molecular weight excluding hydrogens is 196 g/mol. The zero-order valence-electron chi connectivity index (χ0n) is 10.5. The molecule has 1 aromatic rings. The Hall–Kier alpha value is -0.860. The predicted octanol–water partition coefficient (Wildman–Crippen LogP) is 2.49. The van der Waals surface area contributed by atoms with E-state index >= 15 is 0 Å². The van der Waals surface area contributed by atoms with E-state index in [2.05, 4.69) is 49.1 Å². The molecule has 0 saturated heterocycles. The van der Waals surface area contributed by atoms with Crippen molar-refractivity contribution in [1.29, 1.82) is 0 Å². The molecule has 2 heteroatoms. The van der Waals surface area contributed by atoms with Crippen molar-refractivity contribution < 1.29 is 0 Å². The normalized spacial score (nSPS) is 11.3. The number of benzene rings is 1. The molecule has 0 fully saturated rings. The lowest BCUT2D eigenvalue weighted by molar-refractivity contribution is 0.256. The SMILES string of the molecule is CC(C)CCN(CCN)Cc1ccccc1. The molecule has 0 radical (unpaired) electrons. The molecule has 0 atom stereocenters. The zero-order chi connectivity index (χ0) is 11.8. The van der Waals surface area contributed by atoms with Gasteiger partial charge in [-0.25, -0.2) is 0 Å². The second kappa shape index (κ2) is 7.42. The van der Waals surface area contributed by atoms with E-state index in [1.165, 1.54) is 12.0 Å². The average molecular weight is 220 g/mol. The fourth-order valence-electron chi connectivity index (χ4n) is 1.73. The van der Waals surface area contributed by atoms with Crippen molar-refractivity contribution in [3.8, 4) is 0 Å². The summed E-state index contributed by atoms with van der Waals surface area (Å²) >= 11 is 0. The van der Waals surface area contributed by atoms with Crippen molar-refractivity contribution in [2.75, 3.05) is 19.6 Å². The summed E-state index contributed by atoms with van der Waals surface area (Å²) in [5, 5.41) is 0. The Labute approximate surface area is 99.5 Å². The summed E-state index contributed by atoms with van der Waals surface area (Å²) in [6, 6.07) is 10.6. The lowest BCUT2D eigenvalue weighted by Crippen LogP contribution is -2.30. The monoisotopic (exact) mass is 220 g/mol. The van der Waals surface area contributed by atoms with Gasteiger partial charge in [0.05, 0.1) is 0 Å². The fourth-order valence-corrected chi connectivity index (χ4v) is 1.73. The Morgan fingerprint density at radius 2 is 1.81 bits per heavy atom. The topological polar surface area (TPSA) is 29.3 Å². The van der Waals surface area contributed by atoms with E-state index in [1.807, 2.05) is 0 Å². The molecule has 0 amide bonds. The Kier molecular flexibility index (Phi) is 6.12. The minimum Gasteiger partial charge on any atom is -0.329 e. The van der Waals surface area contributed by atoms with Crippen LogP contribution in [0.2, 0.25) is 0 Å². The van der Waals surface area contributed by atoms with Gasteiger partial charge in [0.2, 0.25) is 0 Å². The first-order valence-corrected chi connectivity index (χ1v) is 6.18. The summed E-state index contributed by atoms with van der Waals surface area (Å²) < 4.78 is 0. The first kappa shape index (κ1) is 13.2. The minimum atomic E-state index is 0.741. The highest BCUT2D eigenvalue weighted by atomic mass is 15.1. The van der Waals surface area contributed by atoms with Gasteiger partial charge in [-0.15, -0.1) is 0 Å². The molecule has 0 spiro atoms. The lowest BCUT2D eigenvalue weighted by atomic mass is 10.1. The number of rotatable bonds is 7. The number of hydrogen-bond donors (Lipinski definition) is 1. The van der Waals surface area contributed by atoms with Crippen LogP contribution >= 0.6 is 0 Å². The first-order valence-electron chi connectivity index (χ1n) is 6.18. The molecule has 0 saturated carbocycles. The molecular formula is C14H24N2. The second-order valence-electron chi connectivity index (χ2n) is 4.73. The van der Waals surface area contributed by atoms with E-state index in [9.17, 15) is 0 Å². The quantitative estimate of drug-likeness (QED) is 0.765. The van der Waals surface area contributed by atoms with Crippen LogP contribution < -0.4 is 5.73 Å². The molecule has 0 unspecified atom stereocenters. The van der Waals surface area contributed by atoms with Crippen LogP contribution in [0.4, 0.5) is 0 Å². The molecule has 2 nitrogen and oxygen atoms in total. The average Bonchev–Trinajstić information content (AvgIpc) is 2.27. The molecule has 0 heterocycles. The summed E-state index contributed by atoms with van der Waals surface area (Å²) in [5.74, 6) is 0.760. The Morgan fingerprint density at radius 3 is 2.38 bits per heavy atom. The van der Waals surface area contributed by atoms with Crippen molar-refractivity contribution in [1.82, 2.24) is 4.90 Å². The van der Waals surface area contributed by atoms with Crippen molar-refractivity contribution >= 4 is 0 Å². The van der Waals surface area contributed by atoms with Gasteiger partial charge in [0, 0.05) is 19.6 Å². The van der Waals surface area contributed by atoms with E-state index in [-0.39, 0.29) is 0 Å². The van der Waals surface area contributed by atoms with Gasteiger partial charge in [-0.05, 0) is 24.4 Å². The van der Waals surface area contributed by atoms with Crippen LogP contribution in [-0.2, 0) is 6.54 Å². The Morgan fingerprint density at radius 1 is 1.12 bits per heavy atom. The second-order valence-corrected chi connectivity index (χ2v) is 4.73. The smallest absolute Gasteiger partial charge is 0.0234 e. The van der Waals surface area contributed by atoms with Gasteiger partial charge in [-0.1, -0.05) is 44.2 Å². The first-order chi connectivity index (χ1) is 7.72. The van der Waals surface area contributed by atoms with Crippen molar-refractivity contribution in [3.63, 3.8) is 0 Å². The fraction of sp³-hybridized carbons (Fsp3) is 0.571. The largest absolute Gasteiger partial charge is 0.329 e. The highest BCUT2D eigenvalue weighted by Gasteiger charge is 2.05. The van der Waals surface area contributed by atoms with E-state index in [4.69, 9.17) is 5.73 Å². The van der Waals surface area contributed by atoms with Gasteiger partial charge in [-0.3, -0.25) is 4.90 Å².